The van der Waals surface area contributed by atoms with Gasteiger partial charge in [0.1, 0.15) is 5.75 Å². The molecule has 0 bridgehead atoms. The summed E-state index contributed by atoms with van der Waals surface area (Å²) in [5.41, 5.74) is 6.13. The highest BCUT2D eigenvalue weighted by Crippen LogP contribution is 2.14. The summed E-state index contributed by atoms with van der Waals surface area (Å²) in [6, 6.07) is 13.1. The molecule has 0 saturated carbocycles. The number of hydrazine groups is 1. The highest BCUT2D eigenvalue weighted by Gasteiger charge is 2.10. The summed E-state index contributed by atoms with van der Waals surface area (Å²) in [5, 5.41) is 2.78. The lowest BCUT2D eigenvalue weighted by molar-refractivity contribution is -0.116. The molecule has 0 atom stereocenters. The zero-order valence-electron chi connectivity index (χ0n) is 17.8. The monoisotopic (exact) mass is 411 g/mol. The highest BCUT2D eigenvalue weighted by atomic mass is 16.5. The standard InChI is InChI=1S/C23H29N3O4/c1-15(2)13-21(27)24-19-9-5-17(6-10-19)22(28)25-26-23(29)18-7-11-20(12-8-18)30-14-16(3)4/h5-12,15-16H,13-14H2,1-4H3,(H,24,27)(H,25,28)(H,26,29). The third-order valence-corrected chi connectivity index (χ3v) is 4.01. The van der Waals surface area contributed by atoms with Crippen molar-refractivity contribution in [1.29, 1.82) is 0 Å². The summed E-state index contributed by atoms with van der Waals surface area (Å²) in [6.45, 7) is 8.65. The van der Waals surface area contributed by atoms with Gasteiger partial charge in [-0.05, 0) is 60.4 Å². The number of amides is 3. The summed E-state index contributed by atoms with van der Waals surface area (Å²) < 4.78 is 5.58. The Balaban J connectivity index is 1.84. The average molecular weight is 412 g/mol. The third kappa shape index (κ3) is 7.58. The smallest absolute Gasteiger partial charge is 0.269 e. The van der Waals surface area contributed by atoms with Gasteiger partial charge in [-0.3, -0.25) is 25.2 Å². The first-order valence-corrected chi connectivity index (χ1v) is 9.98. The van der Waals surface area contributed by atoms with Crippen molar-refractivity contribution < 1.29 is 19.1 Å². The molecule has 7 heteroatoms. The van der Waals surface area contributed by atoms with Gasteiger partial charge < -0.3 is 10.1 Å². The molecule has 0 radical (unpaired) electrons. The average Bonchev–Trinajstić information content (AvgIpc) is 2.70. The van der Waals surface area contributed by atoms with Gasteiger partial charge in [0.05, 0.1) is 6.61 Å². The van der Waals surface area contributed by atoms with Gasteiger partial charge in [0.15, 0.2) is 0 Å². The van der Waals surface area contributed by atoms with E-state index in [1.165, 1.54) is 0 Å². The van der Waals surface area contributed by atoms with Crippen molar-refractivity contribution in [2.75, 3.05) is 11.9 Å². The van der Waals surface area contributed by atoms with Crippen molar-refractivity contribution in [2.24, 2.45) is 11.8 Å². The number of anilines is 1. The van der Waals surface area contributed by atoms with Gasteiger partial charge in [0, 0.05) is 23.2 Å². The Morgan fingerprint density at radius 3 is 1.73 bits per heavy atom. The van der Waals surface area contributed by atoms with Gasteiger partial charge in [0.2, 0.25) is 5.91 Å². The molecule has 2 aromatic carbocycles. The number of hydrogen-bond acceptors (Lipinski definition) is 4. The predicted molar refractivity (Wildman–Crippen MR) is 116 cm³/mol. The van der Waals surface area contributed by atoms with Crippen molar-refractivity contribution in [2.45, 2.75) is 34.1 Å². The second-order valence-corrected chi connectivity index (χ2v) is 7.86. The van der Waals surface area contributed by atoms with Crippen LogP contribution in [0.5, 0.6) is 5.75 Å². The summed E-state index contributed by atoms with van der Waals surface area (Å²) in [6.07, 6.45) is 0.430. The number of ether oxygens (including phenoxy) is 1. The van der Waals surface area contributed by atoms with Crippen molar-refractivity contribution in [3.63, 3.8) is 0 Å². The second kappa shape index (κ2) is 11.0. The Bertz CT molecular complexity index is 859. The Labute approximate surface area is 177 Å². The fourth-order valence-corrected chi connectivity index (χ4v) is 2.51. The molecule has 3 amide bonds. The topological polar surface area (TPSA) is 96.5 Å². The molecule has 0 aliphatic heterocycles. The molecule has 0 fully saturated rings. The van der Waals surface area contributed by atoms with Gasteiger partial charge in [-0.25, -0.2) is 0 Å². The van der Waals surface area contributed by atoms with Crippen LogP contribution in [0.2, 0.25) is 0 Å². The van der Waals surface area contributed by atoms with E-state index in [4.69, 9.17) is 4.74 Å². The van der Waals surface area contributed by atoms with Crippen molar-refractivity contribution in [3.05, 3.63) is 59.7 Å². The Kier molecular flexibility index (Phi) is 8.41. The van der Waals surface area contributed by atoms with E-state index in [9.17, 15) is 14.4 Å². The van der Waals surface area contributed by atoms with E-state index >= 15 is 0 Å². The highest BCUT2D eigenvalue weighted by molar-refractivity contribution is 5.99. The molecule has 160 valence electrons. The van der Waals surface area contributed by atoms with Crippen molar-refractivity contribution in [3.8, 4) is 5.75 Å². The molecule has 0 saturated heterocycles. The fourth-order valence-electron chi connectivity index (χ4n) is 2.51. The maximum absolute atomic E-state index is 12.2. The maximum Gasteiger partial charge on any atom is 0.269 e. The third-order valence-electron chi connectivity index (χ3n) is 4.01. The minimum Gasteiger partial charge on any atom is -0.493 e. The number of rotatable bonds is 8. The Morgan fingerprint density at radius 1 is 0.767 bits per heavy atom. The van der Waals surface area contributed by atoms with Crippen LogP contribution in [0, 0.1) is 11.8 Å². The Morgan fingerprint density at radius 2 is 1.27 bits per heavy atom. The first kappa shape index (κ1) is 22.9. The fraction of sp³-hybridized carbons (Fsp3) is 0.348. The number of hydrogen-bond donors (Lipinski definition) is 3. The molecular formula is C23H29N3O4. The first-order chi connectivity index (χ1) is 14.2. The quantitative estimate of drug-likeness (QED) is 0.576. The number of carbonyl (C=O) groups is 3. The zero-order valence-corrected chi connectivity index (χ0v) is 17.8. The lowest BCUT2D eigenvalue weighted by Gasteiger charge is -2.10. The van der Waals surface area contributed by atoms with Crippen LogP contribution in [0.4, 0.5) is 5.69 Å². The number of nitrogens with one attached hydrogen (secondary N) is 3. The van der Waals surface area contributed by atoms with Crippen LogP contribution in [0.1, 0.15) is 54.8 Å². The molecule has 2 rings (SSSR count). The molecule has 0 aliphatic carbocycles. The normalized spacial score (nSPS) is 10.6. The van der Waals surface area contributed by atoms with Crippen LogP contribution < -0.4 is 20.9 Å². The molecule has 3 N–H and O–H groups in total. The van der Waals surface area contributed by atoms with Crippen LogP contribution in [0.15, 0.2) is 48.5 Å². The molecule has 0 spiro atoms. The van der Waals surface area contributed by atoms with E-state index < -0.39 is 11.8 Å². The van der Waals surface area contributed by atoms with Gasteiger partial charge in [0.25, 0.3) is 11.8 Å². The molecule has 7 nitrogen and oxygen atoms in total. The van der Waals surface area contributed by atoms with E-state index in [0.29, 0.717) is 41.5 Å². The van der Waals surface area contributed by atoms with Gasteiger partial charge in [-0.2, -0.15) is 0 Å². The first-order valence-electron chi connectivity index (χ1n) is 9.98. The minimum atomic E-state index is -0.458. The molecule has 0 heterocycles. The molecule has 0 unspecified atom stereocenters. The van der Waals surface area contributed by atoms with E-state index in [2.05, 4.69) is 30.0 Å². The lowest BCUT2D eigenvalue weighted by atomic mass is 10.1. The molecular weight excluding hydrogens is 382 g/mol. The second-order valence-electron chi connectivity index (χ2n) is 7.86. The van der Waals surface area contributed by atoms with Crippen LogP contribution in [-0.2, 0) is 4.79 Å². The summed E-state index contributed by atoms with van der Waals surface area (Å²) in [4.78, 5) is 36.2. The van der Waals surface area contributed by atoms with Crippen LogP contribution in [0.3, 0.4) is 0 Å². The van der Waals surface area contributed by atoms with Crippen LogP contribution >= 0.6 is 0 Å². The summed E-state index contributed by atoms with van der Waals surface area (Å²) >= 11 is 0. The number of benzene rings is 2. The van der Waals surface area contributed by atoms with E-state index in [1.807, 2.05) is 13.8 Å². The van der Waals surface area contributed by atoms with Gasteiger partial charge in [-0.1, -0.05) is 27.7 Å². The van der Waals surface area contributed by atoms with E-state index in [1.54, 1.807) is 48.5 Å². The molecule has 0 aromatic heterocycles. The van der Waals surface area contributed by atoms with E-state index in [0.717, 1.165) is 0 Å². The maximum atomic E-state index is 12.2. The van der Waals surface area contributed by atoms with Gasteiger partial charge >= 0.3 is 0 Å². The molecule has 30 heavy (non-hydrogen) atoms. The zero-order chi connectivity index (χ0) is 22.1. The summed E-state index contributed by atoms with van der Waals surface area (Å²) in [5.74, 6) is 0.396. The van der Waals surface area contributed by atoms with Gasteiger partial charge in [-0.15, -0.1) is 0 Å². The van der Waals surface area contributed by atoms with Crippen molar-refractivity contribution >= 4 is 23.4 Å². The predicted octanol–water partition coefficient (Wildman–Crippen LogP) is 3.78. The lowest BCUT2D eigenvalue weighted by Crippen LogP contribution is -2.41. The van der Waals surface area contributed by atoms with Crippen molar-refractivity contribution in [1.82, 2.24) is 10.9 Å². The molecule has 0 aliphatic rings. The number of carbonyl (C=O) groups excluding carboxylic acids is 3. The van der Waals surface area contributed by atoms with Crippen LogP contribution in [0.25, 0.3) is 0 Å². The Hall–Kier alpha value is -3.35. The van der Waals surface area contributed by atoms with Crippen LogP contribution in [-0.4, -0.2) is 24.3 Å². The largest absolute Gasteiger partial charge is 0.493 e. The minimum absolute atomic E-state index is 0.0740. The summed E-state index contributed by atoms with van der Waals surface area (Å²) in [7, 11) is 0. The molecule has 2 aromatic rings. The van der Waals surface area contributed by atoms with E-state index in [-0.39, 0.29) is 11.8 Å². The SMILES string of the molecule is CC(C)COc1ccc(C(=O)NNC(=O)c2ccc(NC(=O)CC(C)C)cc2)cc1.